The molecule has 0 aliphatic carbocycles. The molecule has 0 saturated heterocycles. The van der Waals surface area contributed by atoms with Crippen LogP contribution in [0.4, 0.5) is 0 Å². The third-order valence-corrected chi connectivity index (χ3v) is 4.06. The maximum atomic E-state index is 4.49. The van der Waals surface area contributed by atoms with Crippen LogP contribution in [0.1, 0.15) is 11.1 Å². The highest BCUT2D eigenvalue weighted by Gasteiger charge is 2.04. The van der Waals surface area contributed by atoms with E-state index in [2.05, 4.69) is 65.5 Å². The average Bonchev–Trinajstić information content (AvgIpc) is 3.03. The molecule has 0 bridgehead atoms. The molecular formula is C21H17N3. The molecule has 0 unspecified atom stereocenters. The van der Waals surface area contributed by atoms with E-state index in [4.69, 9.17) is 0 Å². The lowest BCUT2D eigenvalue weighted by Crippen LogP contribution is -1.88. The molecular weight excluding hydrogens is 294 g/mol. The Hall–Kier alpha value is -3.20. The predicted octanol–water partition coefficient (Wildman–Crippen LogP) is 5.03. The van der Waals surface area contributed by atoms with Gasteiger partial charge in [0, 0.05) is 24.0 Å². The van der Waals surface area contributed by atoms with Crippen molar-refractivity contribution < 1.29 is 0 Å². The predicted molar refractivity (Wildman–Crippen MR) is 99.4 cm³/mol. The SMILES string of the molecule is Cc1cccc(C=Cn2ncc3ccc(-c4ccncc4)cc32)c1. The maximum Gasteiger partial charge on any atom is 0.0740 e. The quantitative estimate of drug-likeness (QED) is 0.531. The Morgan fingerprint density at radius 2 is 1.79 bits per heavy atom. The van der Waals surface area contributed by atoms with Gasteiger partial charge in [0.2, 0.25) is 0 Å². The maximum absolute atomic E-state index is 4.49. The normalized spacial score (nSPS) is 11.4. The second-order valence-corrected chi connectivity index (χ2v) is 5.83. The third-order valence-electron chi connectivity index (χ3n) is 4.06. The zero-order chi connectivity index (χ0) is 16.4. The van der Waals surface area contributed by atoms with Crippen LogP contribution in [-0.4, -0.2) is 14.8 Å². The highest BCUT2D eigenvalue weighted by Crippen LogP contribution is 2.24. The van der Waals surface area contributed by atoms with E-state index in [9.17, 15) is 0 Å². The lowest BCUT2D eigenvalue weighted by molar-refractivity contribution is 0.969. The minimum Gasteiger partial charge on any atom is -0.265 e. The number of fused-ring (bicyclic) bond motifs is 1. The fourth-order valence-electron chi connectivity index (χ4n) is 2.81. The molecule has 0 aliphatic heterocycles. The van der Waals surface area contributed by atoms with Crippen molar-refractivity contribution >= 4 is 23.2 Å². The molecule has 0 radical (unpaired) electrons. The summed E-state index contributed by atoms with van der Waals surface area (Å²) in [4.78, 5) is 4.08. The van der Waals surface area contributed by atoms with Crippen molar-refractivity contribution in [1.29, 1.82) is 0 Å². The fourth-order valence-corrected chi connectivity index (χ4v) is 2.81. The van der Waals surface area contributed by atoms with Crippen molar-refractivity contribution in [1.82, 2.24) is 14.8 Å². The number of hydrogen-bond acceptors (Lipinski definition) is 2. The molecule has 0 amide bonds. The molecule has 4 aromatic rings. The summed E-state index contributed by atoms with van der Waals surface area (Å²) in [5.74, 6) is 0. The van der Waals surface area contributed by atoms with Crippen LogP contribution >= 0.6 is 0 Å². The molecule has 0 atom stereocenters. The van der Waals surface area contributed by atoms with E-state index < -0.39 is 0 Å². The van der Waals surface area contributed by atoms with Crippen molar-refractivity contribution in [3.63, 3.8) is 0 Å². The molecule has 3 nitrogen and oxygen atoms in total. The van der Waals surface area contributed by atoms with Crippen molar-refractivity contribution in [3.8, 4) is 11.1 Å². The first-order valence-corrected chi connectivity index (χ1v) is 7.92. The van der Waals surface area contributed by atoms with Crippen LogP contribution in [-0.2, 0) is 0 Å². The topological polar surface area (TPSA) is 30.7 Å². The molecule has 2 aromatic carbocycles. The van der Waals surface area contributed by atoms with E-state index in [1.54, 1.807) is 0 Å². The Bertz CT molecular complexity index is 1010. The number of nitrogens with zero attached hydrogens (tertiary/aromatic N) is 3. The van der Waals surface area contributed by atoms with E-state index in [-0.39, 0.29) is 0 Å². The van der Waals surface area contributed by atoms with Crippen LogP contribution in [0.25, 0.3) is 34.3 Å². The Morgan fingerprint density at radius 3 is 2.62 bits per heavy atom. The third kappa shape index (κ3) is 2.84. The summed E-state index contributed by atoms with van der Waals surface area (Å²) in [5.41, 5.74) is 5.83. The van der Waals surface area contributed by atoms with Gasteiger partial charge in [-0.05, 0) is 47.9 Å². The molecule has 3 heteroatoms. The lowest BCUT2D eigenvalue weighted by Gasteiger charge is -2.03. The van der Waals surface area contributed by atoms with Gasteiger partial charge in [0.15, 0.2) is 0 Å². The zero-order valence-electron chi connectivity index (χ0n) is 13.4. The number of aryl methyl sites for hydroxylation is 1. The first-order valence-electron chi connectivity index (χ1n) is 7.92. The van der Waals surface area contributed by atoms with Gasteiger partial charge in [-0.15, -0.1) is 0 Å². The molecule has 2 heterocycles. The molecule has 0 aliphatic rings. The first kappa shape index (κ1) is 14.4. The van der Waals surface area contributed by atoms with Gasteiger partial charge in [-0.1, -0.05) is 42.0 Å². The minimum atomic E-state index is 1.09. The summed E-state index contributed by atoms with van der Waals surface area (Å²) in [6, 6.07) is 18.8. The molecule has 24 heavy (non-hydrogen) atoms. The van der Waals surface area contributed by atoms with Gasteiger partial charge >= 0.3 is 0 Å². The zero-order valence-corrected chi connectivity index (χ0v) is 13.4. The molecule has 4 rings (SSSR count). The molecule has 0 spiro atoms. The Balaban J connectivity index is 1.74. The van der Waals surface area contributed by atoms with E-state index in [1.165, 1.54) is 11.1 Å². The second-order valence-electron chi connectivity index (χ2n) is 5.83. The standard InChI is InChI=1S/C21H17N3/c1-16-3-2-4-17(13-16)9-12-24-21-14-19(5-6-20(21)15-23-24)18-7-10-22-11-8-18/h2-15H,1H3. The van der Waals surface area contributed by atoms with Crippen molar-refractivity contribution in [2.75, 3.05) is 0 Å². The molecule has 2 aromatic heterocycles. The van der Waals surface area contributed by atoms with Gasteiger partial charge in [-0.3, -0.25) is 4.98 Å². The smallest absolute Gasteiger partial charge is 0.0740 e. The average molecular weight is 311 g/mol. The number of hydrogen-bond donors (Lipinski definition) is 0. The Kier molecular flexibility index (Phi) is 3.67. The Morgan fingerprint density at radius 1 is 0.917 bits per heavy atom. The summed E-state index contributed by atoms with van der Waals surface area (Å²) in [5, 5.41) is 5.61. The number of rotatable bonds is 3. The summed E-state index contributed by atoms with van der Waals surface area (Å²) in [6.45, 7) is 2.10. The number of pyridine rings is 1. The molecule has 0 saturated carbocycles. The van der Waals surface area contributed by atoms with Crippen LogP contribution in [0.5, 0.6) is 0 Å². The summed E-state index contributed by atoms with van der Waals surface area (Å²) in [7, 11) is 0. The summed E-state index contributed by atoms with van der Waals surface area (Å²) < 4.78 is 1.92. The van der Waals surface area contributed by atoms with Crippen molar-refractivity contribution in [3.05, 3.63) is 84.3 Å². The monoisotopic (exact) mass is 311 g/mol. The highest BCUT2D eigenvalue weighted by atomic mass is 15.3. The highest BCUT2D eigenvalue weighted by molar-refractivity contribution is 5.86. The fraction of sp³-hybridized carbons (Fsp3) is 0.0476. The van der Waals surface area contributed by atoms with Crippen molar-refractivity contribution in [2.24, 2.45) is 0 Å². The summed E-state index contributed by atoms with van der Waals surface area (Å²) in [6.07, 6.45) is 9.61. The van der Waals surface area contributed by atoms with Crippen molar-refractivity contribution in [2.45, 2.75) is 6.92 Å². The van der Waals surface area contributed by atoms with Crippen LogP contribution in [0.3, 0.4) is 0 Å². The van der Waals surface area contributed by atoms with E-state index >= 15 is 0 Å². The lowest BCUT2D eigenvalue weighted by atomic mass is 10.1. The van der Waals surface area contributed by atoms with Crippen LogP contribution < -0.4 is 0 Å². The van der Waals surface area contributed by atoms with Crippen LogP contribution in [0.15, 0.2) is 73.2 Å². The van der Waals surface area contributed by atoms with E-state index in [0.29, 0.717) is 0 Å². The number of benzene rings is 2. The largest absolute Gasteiger partial charge is 0.265 e. The van der Waals surface area contributed by atoms with E-state index in [1.807, 2.05) is 41.6 Å². The van der Waals surface area contributed by atoms with Crippen LogP contribution in [0, 0.1) is 6.92 Å². The van der Waals surface area contributed by atoms with E-state index in [0.717, 1.165) is 22.0 Å². The van der Waals surface area contributed by atoms with Gasteiger partial charge < -0.3 is 0 Å². The summed E-state index contributed by atoms with van der Waals surface area (Å²) >= 11 is 0. The van der Waals surface area contributed by atoms with Gasteiger partial charge in [0.25, 0.3) is 0 Å². The molecule has 0 N–H and O–H groups in total. The second kappa shape index (κ2) is 6.13. The van der Waals surface area contributed by atoms with Gasteiger partial charge in [-0.2, -0.15) is 5.10 Å². The first-order chi connectivity index (χ1) is 11.8. The van der Waals surface area contributed by atoms with Gasteiger partial charge in [-0.25, -0.2) is 4.68 Å². The minimum absolute atomic E-state index is 1.09. The number of aromatic nitrogens is 3. The van der Waals surface area contributed by atoms with Gasteiger partial charge in [0.05, 0.1) is 11.7 Å². The molecule has 116 valence electrons. The Labute approximate surface area is 140 Å². The molecule has 0 fully saturated rings. The van der Waals surface area contributed by atoms with Crippen LogP contribution in [0.2, 0.25) is 0 Å². The van der Waals surface area contributed by atoms with Gasteiger partial charge in [0.1, 0.15) is 0 Å².